The first kappa shape index (κ1) is 22.7. The topological polar surface area (TPSA) is 88.6 Å². The number of benzene rings is 2. The van der Waals surface area contributed by atoms with E-state index in [0.717, 1.165) is 40.9 Å². The van der Waals surface area contributed by atoms with Crippen LogP contribution in [-0.2, 0) is 10.0 Å². The van der Waals surface area contributed by atoms with E-state index in [9.17, 15) is 13.2 Å². The van der Waals surface area contributed by atoms with Crippen molar-refractivity contribution in [2.75, 3.05) is 14.2 Å². The van der Waals surface area contributed by atoms with E-state index in [2.05, 4.69) is 9.71 Å². The number of para-hydroxylation sites is 1. The summed E-state index contributed by atoms with van der Waals surface area (Å²) in [6, 6.07) is 12.0. The maximum Gasteiger partial charge on any atom is 0.254 e. The quantitative estimate of drug-likeness (QED) is 0.551. The Morgan fingerprint density at radius 1 is 1.22 bits per heavy atom. The minimum Gasteiger partial charge on any atom is -0.495 e. The van der Waals surface area contributed by atoms with Crippen LogP contribution in [-0.4, -0.2) is 44.4 Å². The van der Waals surface area contributed by atoms with Crippen molar-refractivity contribution in [1.29, 1.82) is 0 Å². The van der Waals surface area contributed by atoms with Gasteiger partial charge in [0.1, 0.15) is 15.7 Å². The van der Waals surface area contributed by atoms with Gasteiger partial charge in [0.25, 0.3) is 5.91 Å². The van der Waals surface area contributed by atoms with E-state index in [1.807, 2.05) is 31.2 Å². The Kier molecular flexibility index (Phi) is 6.50. The van der Waals surface area contributed by atoms with Crippen LogP contribution in [0.1, 0.15) is 54.0 Å². The highest BCUT2D eigenvalue weighted by Gasteiger charge is 2.28. The third kappa shape index (κ3) is 4.51. The molecule has 2 aromatic carbocycles. The van der Waals surface area contributed by atoms with Gasteiger partial charge in [-0.2, -0.15) is 0 Å². The summed E-state index contributed by atoms with van der Waals surface area (Å²) in [6.07, 6.45) is 3.67. The summed E-state index contributed by atoms with van der Waals surface area (Å²) in [6.45, 7) is 1.92. The van der Waals surface area contributed by atoms with E-state index >= 15 is 0 Å². The fourth-order valence-corrected chi connectivity index (χ4v) is 6.52. The number of carbonyl (C=O) groups excluding carboxylic acids is 1. The highest BCUT2D eigenvalue weighted by atomic mass is 32.2. The molecule has 1 heterocycles. The molecule has 1 aromatic heterocycles. The summed E-state index contributed by atoms with van der Waals surface area (Å²) in [5.41, 5.74) is 1.18. The maximum absolute atomic E-state index is 13.2. The van der Waals surface area contributed by atoms with Gasteiger partial charge in [-0.15, -0.1) is 11.3 Å². The number of nitrogens with zero attached hydrogens (tertiary/aromatic N) is 2. The number of hydrogen-bond donors (Lipinski definition) is 1. The van der Waals surface area contributed by atoms with E-state index in [-0.39, 0.29) is 34.2 Å². The van der Waals surface area contributed by atoms with Gasteiger partial charge in [-0.1, -0.05) is 25.0 Å². The summed E-state index contributed by atoms with van der Waals surface area (Å²) in [7, 11) is -0.688. The standard InChI is InChI=1S/C23H27N3O4S2/c1-15(22-24-18-10-6-7-11-20(18)31-22)26(2)23(27)16-12-13-19(30-3)21(14-16)32(28,29)25-17-8-4-5-9-17/h6-7,10-15,17,25H,4-5,8-9H2,1-3H3. The van der Waals surface area contributed by atoms with E-state index in [0.29, 0.717) is 0 Å². The van der Waals surface area contributed by atoms with Crippen LogP contribution in [0.5, 0.6) is 5.75 Å². The average Bonchev–Trinajstić information content (AvgIpc) is 3.46. The predicted molar refractivity (Wildman–Crippen MR) is 126 cm³/mol. The van der Waals surface area contributed by atoms with E-state index in [1.165, 1.54) is 19.2 Å². The molecule has 4 rings (SSSR count). The van der Waals surface area contributed by atoms with Crippen LogP contribution in [0.4, 0.5) is 0 Å². The molecule has 1 aliphatic carbocycles. The fraction of sp³-hybridized carbons (Fsp3) is 0.391. The number of amides is 1. The molecule has 32 heavy (non-hydrogen) atoms. The highest BCUT2D eigenvalue weighted by Crippen LogP contribution is 2.31. The number of ether oxygens (including phenoxy) is 1. The normalized spacial score (nSPS) is 15.7. The number of nitrogens with one attached hydrogen (secondary N) is 1. The second-order valence-corrected chi connectivity index (χ2v) is 10.8. The Morgan fingerprint density at radius 3 is 2.62 bits per heavy atom. The van der Waals surface area contributed by atoms with Crippen molar-refractivity contribution < 1.29 is 17.9 Å². The zero-order chi connectivity index (χ0) is 22.9. The number of methoxy groups -OCH3 is 1. The van der Waals surface area contributed by atoms with Crippen LogP contribution in [0.15, 0.2) is 47.4 Å². The first-order chi connectivity index (χ1) is 15.3. The van der Waals surface area contributed by atoms with Crippen molar-refractivity contribution in [2.24, 2.45) is 0 Å². The predicted octanol–water partition coefficient (Wildman–Crippen LogP) is 4.36. The molecule has 3 aromatic rings. The Bertz CT molecular complexity index is 1200. The zero-order valence-electron chi connectivity index (χ0n) is 18.4. The fourth-order valence-electron chi connectivity index (χ4n) is 3.96. The zero-order valence-corrected chi connectivity index (χ0v) is 20.0. The third-order valence-electron chi connectivity index (χ3n) is 5.95. The molecule has 170 valence electrons. The number of rotatable bonds is 7. The minimum absolute atomic E-state index is 0.0150. The van der Waals surface area contributed by atoms with Crippen molar-refractivity contribution in [3.05, 3.63) is 53.0 Å². The largest absolute Gasteiger partial charge is 0.495 e. The molecule has 1 atom stereocenters. The van der Waals surface area contributed by atoms with Crippen LogP contribution in [0, 0.1) is 0 Å². The molecular formula is C23H27N3O4S2. The Morgan fingerprint density at radius 2 is 1.94 bits per heavy atom. The monoisotopic (exact) mass is 473 g/mol. The lowest BCUT2D eigenvalue weighted by Crippen LogP contribution is -2.33. The highest BCUT2D eigenvalue weighted by molar-refractivity contribution is 7.89. The summed E-state index contributed by atoms with van der Waals surface area (Å²) in [5, 5.41) is 0.825. The molecule has 1 fully saturated rings. The number of fused-ring (bicyclic) bond motifs is 1. The number of thiazole rings is 1. The first-order valence-electron chi connectivity index (χ1n) is 10.6. The van der Waals surface area contributed by atoms with Crippen molar-refractivity contribution in [3.8, 4) is 5.75 Å². The van der Waals surface area contributed by atoms with E-state index in [1.54, 1.807) is 29.4 Å². The summed E-state index contributed by atoms with van der Waals surface area (Å²) >= 11 is 1.55. The van der Waals surface area contributed by atoms with Crippen molar-refractivity contribution in [2.45, 2.75) is 49.6 Å². The van der Waals surface area contributed by atoms with Gasteiger partial charge in [0, 0.05) is 18.7 Å². The van der Waals surface area contributed by atoms with Crippen LogP contribution in [0.25, 0.3) is 10.2 Å². The van der Waals surface area contributed by atoms with Crippen LogP contribution in [0.2, 0.25) is 0 Å². The van der Waals surface area contributed by atoms with Crippen molar-refractivity contribution in [1.82, 2.24) is 14.6 Å². The van der Waals surface area contributed by atoms with Crippen LogP contribution >= 0.6 is 11.3 Å². The van der Waals surface area contributed by atoms with Gasteiger partial charge in [-0.05, 0) is 50.1 Å². The molecule has 0 radical (unpaired) electrons. The van der Waals surface area contributed by atoms with Gasteiger partial charge in [0.2, 0.25) is 10.0 Å². The molecule has 1 aliphatic rings. The lowest BCUT2D eigenvalue weighted by atomic mass is 10.1. The Hall–Kier alpha value is -2.49. The summed E-state index contributed by atoms with van der Waals surface area (Å²) < 4.78 is 35.2. The smallest absolute Gasteiger partial charge is 0.254 e. The first-order valence-corrected chi connectivity index (χ1v) is 12.9. The summed E-state index contributed by atoms with van der Waals surface area (Å²) in [4.78, 5) is 19.5. The molecule has 1 unspecified atom stereocenters. The van der Waals surface area contributed by atoms with Gasteiger partial charge in [0.05, 0.1) is 23.4 Å². The number of sulfonamides is 1. The molecule has 7 nitrogen and oxygen atoms in total. The van der Waals surface area contributed by atoms with Gasteiger partial charge in [-0.25, -0.2) is 18.1 Å². The van der Waals surface area contributed by atoms with Crippen LogP contribution in [0.3, 0.4) is 0 Å². The molecule has 1 N–H and O–H groups in total. The van der Waals surface area contributed by atoms with Gasteiger partial charge in [0.15, 0.2) is 0 Å². The molecule has 0 aliphatic heterocycles. The molecule has 1 saturated carbocycles. The summed E-state index contributed by atoms with van der Waals surface area (Å²) in [5.74, 6) is -0.0642. The lowest BCUT2D eigenvalue weighted by molar-refractivity contribution is 0.0742. The van der Waals surface area contributed by atoms with Crippen molar-refractivity contribution >= 4 is 37.5 Å². The number of aromatic nitrogens is 1. The molecule has 0 bridgehead atoms. The Balaban J connectivity index is 1.60. The van der Waals surface area contributed by atoms with Gasteiger partial charge in [-0.3, -0.25) is 4.79 Å². The number of hydrogen-bond acceptors (Lipinski definition) is 6. The second-order valence-electron chi connectivity index (χ2n) is 8.08. The van der Waals surface area contributed by atoms with Crippen LogP contribution < -0.4 is 9.46 Å². The lowest BCUT2D eigenvalue weighted by Gasteiger charge is -2.24. The van der Waals surface area contributed by atoms with E-state index in [4.69, 9.17) is 4.74 Å². The molecule has 1 amide bonds. The van der Waals surface area contributed by atoms with Gasteiger partial charge >= 0.3 is 0 Å². The minimum atomic E-state index is -3.81. The molecule has 0 spiro atoms. The SMILES string of the molecule is COc1ccc(C(=O)N(C)C(C)c2nc3ccccc3s2)cc1S(=O)(=O)NC1CCCC1. The molecular weight excluding hydrogens is 446 g/mol. The third-order valence-corrected chi connectivity index (χ3v) is 8.69. The van der Waals surface area contributed by atoms with Gasteiger partial charge < -0.3 is 9.64 Å². The molecule has 9 heteroatoms. The second kappa shape index (κ2) is 9.17. The number of carbonyl (C=O) groups is 1. The van der Waals surface area contributed by atoms with Crippen molar-refractivity contribution in [3.63, 3.8) is 0 Å². The van der Waals surface area contributed by atoms with E-state index < -0.39 is 10.0 Å². The average molecular weight is 474 g/mol. The molecule has 0 saturated heterocycles. The Labute approximate surface area is 192 Å². The maximum atomic E-state index is 13.2.